The van der Waals surface area contributed by atoms with Gasteiger partial charge in [-0.2, -0.15) is 39.1 Å². The number of rotatable bonds is 8. The number of piperazine rings is 1. The van der Waals surface area contributed by atoms with Gasteiger partial charge in [-0.1, -0.05) is 6.58 Å². The number of hydrogen-bond acceptors (Lipinski definition) is 7. The van der Waals surface area contributed by atoms with Gasteiger partial charge in [0.05, 0.1) is 0 Å². The summed E-state index contributed by atoms with van der Waals surface area (Å²) in [7, 11) is -13.7. The van der Waals surface area contributed by atoms with E-state index in [1.54, 1.807) is 0 Å². The number of sulfonamides is 1. The van der Waals surface area contributed by atoms with Crippen molar-refractivity contribution in [2.24, 2.45) is 0 Å². The van der Waals surface area contributed by atoms with E-state index in [1.165, 1.54) is 6.92 Å². The standard InChI is InChI=1S/C13H16F6N2O8S2/c1-8(2)10(23)29-7-9(22)20-3-5-21(6-4-20)30(24,25)12(16,17)11(14,15)13(18,19)31(26,27)28/h1,3-7H2,2H3,(H,26,27,28). The van der Waals surface area contributed by atoms with Crippen LogP contribution < -0.4 is 0 Å². The minimum Gasteiger partial charge on any atom is -0.452 e. The van der Waals surface area contributed by atoms with Crippen molar-refractivity contribution in [3.63, 3.8) is 0 Å². The molecule has 0 unspecified atom stereocenters. The van der Waals surface area contributed by atoms with E-state index in [0.717, 1.165) is 4.90 Å². The molecule has 0 bridgehead atoms. The van der Waals surface area contributed by atoms with Gasteiger partial charge in [-0.15, -0.1) is 0 Å². The molecule has 1 heterocycles. The predicted molar refractivity (Wildman–Crippen MR) is 89.2 cm³/mol. The maximum Gasteiger partial charge on any atom is 0.439 e. The number of ether oxygens (including phenoxy) is 1. The lowest BCUT2D eigenvalue weighted by atomic mass is 10.3. The highest BCUT2D eigenvalue weighted by atomic mass is 32.2. The van der Waals surface area contributed by atoms with Crippen LogP contribution in [0.3, 0.4) is 0 Å². The molecule has 0 radical (unpaired) electrons. The first-order chi connectivity index (χ1) is 13.7. The Balaban J connectivity index is 2.99. The fourth-order valence-electron chi connectivity index (χ4n) is 2.18. The zero-order valence-electron chi connectivity index (χ0n) is 15.5. The molecule has 0 atom stereocenters. The lowest BCUT2D eigenvalue weighted by molar-refractivity contribution is -0.247. The predicted octanol–water partition coefficient (Wildman–Crippen LogP) is 0.288. The number of esters is 1. The molecule has 31 heavy (non-hydrogen) atoms. The molecule has 0 aromatic carbocycles. The van der Waals surface area contributed by atoms with Crippen LogP contribution in [0, 0.1) is 0 Å². The molecule has 0 saturated carbocycles. The Bertz CT molecular complexity index is 958. The molecule has 10 nitrogen and oxygen atoms in total. The van der Waals surface area contributed by atoms with Gasteiger partial charge in [-0.05, 0) is 6.92 Å². The maximum atomic E-state index is 13.9. The van der Waals surface area contributed by atoms with Crippen LogP contribution in [0.2, 0.25) is 0 Å². The zero-order chi connectivity index (χ0) is 24.6. The number of carbonyl (C=O) groups excluding carboxylic acids is 2. The molecule has 1 aliphatic heterocycles. The van der Waals surface area contributed by atoms with Crippen LogP contribution in [-0.4, -0.2) is 91.7 Å². The molecule has 0 aromatic heterocycles. The average Bonchev–Trinajstić information content (AvgIpc) is 2.64. The van der Waals surface area contributed by atoms with Crippen molar-refractivity contribution in [1.29, 1.82) is 0 Å². The molecule has 180 valence electrons. The first kappa shape index (κ1) is 27.1. The Morgan fingerprint density at radius 1 is 0.968 bits per heavy atom. The van der Waals surface area contributed by atoms with E-state index in [9.17, 15) is 52.8 Å². The maximum absolute atomic E-state index is 13.9. The Hall–Kier alpha value is -1.92. The quantitative estimate of drug-likeness (QED) is 0.215. The first-order valence-corrected chi connectivity index (χ1v) is 10.8. The highest BCUT2D eigenvalue weighted by molar-refractivity contribution is 7.90. The van der Waals surface area contributed by atoms with E-state index in [2.05, 4.69) is 11.3 Å². The van der Waals surface area contributed by atoms with Crippen LogP contribution in [0.5, 0.6) is 0 Å². The average molecular weight is 506 g/mol. The number of hydrogen-bond donors (Lipinski definition) is 1. The summed E-state index contributed by atoms with van der Waals surface area (Å²) in [6.45, 7) is 0.260. The Kier molecular flexibility index (Phi) is 7.48. The molecule has 1 fully saturated rings. The summed E-state index contributed by atoms with van der Waals surface area (Å²) in [4.78, 5) is 23.9. The number of halogens is 6. The monoisotopic (exact) mass is 506 g/mol. The SMILES string of the molecule is C=C(C)C(=O)OCC(=O)N1CCN(S(=O)(=O)C(F)(F)C(F)(F)C(F)(F)S(=O)(=O)O)CC1. The minimum absolute atomic E-state index is 0.0476. The van der Waals surface area contributed by atoms with Gasteiger partial charge in [0.2, 0.25) is 0 Å². The van der Waals surface area contributed by atoms with Gasteiger partial charge >= 0.3 is 32.5 Å². The molecule has 1 rings (SSSR count). The molecule has 1 saturated heterocycles. The molecular formula is C13H16F6N2O8S2. The zero-order valence-corrected chi connectivity index (χ0v) is 17.2. The van der Waals surface area contributed by atoms with Crippen molar-refractivity contribution in [2.75, 3.05) is 32.8 Å². The second-order valence-electron chi connectivity index (χ2n) is 6.22. The summed E-state index contributed by atoms with van der Waals surface area (Å²) in [6.07, 6.45) is 0. The highest BCUT2D eigenvalue weighted by Crippen LogP contribution is 2.51. The molecule has 1 N–H and O–H groups in total. The van der Waals surface area contributed by atoms with Gasteiger partial charge in [0, 0.05) is 31.8 Å². The Morgan fingerprint density at radius 2 is 1.42 bits per heavy atom. The van der Waals surface area contributed by atoms with Crippen molar-refractivity contribution < 1.29 is 62.1 Å². The summed E-state index contributed by atoms with van der Waals surface area (Å²) in [5, 5.41) is -13.5. The molecule has 1 aliphatic rings. The summed E-state index contributed by atoms with van der Waals surface area (Å²) in [5.74, 6) is -8.88. The lowest BCUT2D eigenvalue weighted by Crippen LogP contribution is -2.64. The van der Waals surface area contributed by atoms with E-state index >= 15 is 0 Å². The molecule has 0 aliphatic carbocycles. The second-order valence-corrected chi connectivity index (χ2v) is 9.67. The van der Waals surface area contributed by atoms with Gasteiger partial charge in [0.25, 0.3) is 15.9 Å². The summed E-state index contributed by atoms with van der Waals surface area (Å²) < 4.78 is 139. The van der Waals surface area contributed by atoms with Gasteiger partial charge in [0.15, 0.2) is 6.61 Å². The van der Waals surface area contributed by atoms with E-state index in [-0.39, 0.29) is 9.88 Å². The van der Waals surface area contributed by atoms with Crippen molar-refractivity contribution in [1.82, 2.24) is 9.21 Å². The first-order valence-electron chi connectivity index (χ1n) is 7.92. The molecule has 1 amide bonds. The van der Waals surface area contributed by atoms with Crippen molar-refractivity contribution in [2.45, 2.75) is 23.4 Å². The summed E-state index contributed by atoms with van der Waals surface area (Å²) in [6, 6.07) is 0. The minimum atomic E-state index is -7.12. The second kappa shape index (κ2) is 8.55. The van der Waals surface area contributed by atoms with Gasteiger partial charge in [0.1, 0.15) is 0 Å². The Morgan fingerprint density at radius 3 is 1.81 bits per heavy atom. The normalized spacial score (nSPS) is 17.4. The molecule has 18 heteroatoms. The van der Waals surface area contributed by atoms with E-state index in [1.807, 2.05) is 0 Å². The Labute approximate surface area is 172 Å². The summed E-state index contributed by atoms with van der Waals surface area (Å²) >= 11 is 0. The van der Waals surface area contributed by atoms with E-state index in [4.69, 9.17) is 4.55 Å². The van der Waals surface area contributed by atoms with Crippen molar-refractivity contribution in [3.05, 3.63) is 12.2 Å². The number of nitrogens with zero attached hydrogens (tertiary/aromatic N) is 2. The summed E-state index contributed by atoms with van der Waals surface area (Å²) in [5.41, 5.74) is -0.0476. The molecule has 0 spiro atoms. The number of alkyl halides is 6. The van der Waals surface area contributed by atoms with Crippen molar-refractivity contribution >= 4 is 32.0 Å². The lowest BCUT2D eigenvalue weighted by Gasteiger charge is -2.37. The van der Waals surface area contributed by atoms with Crippen molar-refractivity contribution in [3.8, 4) is 0 Å². The third-order valence-electron chi connectivity index (χ3n) is 3.99. The van der Waals surface area contributed by atoms with Crippen LogP contribution >= 0.6 is 0 Å². The highest BCUT2D eigenvalue weighted by Gasteiger charge is 2.82. The molecular weight excluding hydrogens is 490 g/mol. The molecule has 0 aromatic rings. The largest absolute Gasteiger partial charge is 0.452 e. The smallest absolute Gasteiger partial charge is 0.439 e. The van der Waals surface area contributed by atoms with Crippen LogP contribution in [0.25, 0.3) is 0 Å². The van der Waals surface area contributed by atoms with Crippen LogP contribution in [-0.2, 0) is 34.5 Å². The number of carbonyl (C=O) groups is 2. The van der Waals surface area contributed by atoms with Crippen LogP contribution in [0.4, 0.5) is 26.3 Å². The third kappa shape index (κ3) is 4.80. The van der Waals surface area contributed by atoms with Gasteiger partial charge in [-0.3, -0.25) is 9.35 Å². The fourth-order valence-corrected chi connectivity index (χ4v) is 4.11. The van der Waals surface area contributed by atoms with E-state index in [0.29, 0.717) is 0 Å². The van der Waals surface area contributed by atoms with Crippen LogP contribution in [0.1, 0.15) is 6.92 Å². The van der Waals surface area contributed by atoms with Crippen LogP contribution in [0.15, 0.2) is 12.2 Å². The fraction of sp³-hybridized carbons (Fsp3) is 0.692. The number of amides is 1. The van der Waals surface area contributed by atoms with Gasteiger partial charge < -0.3 is 9.64 Å². The van der Waals surface area contributed by atoms with Gasteiger partial charge in [-0.25, -0.2) is 13.2 Å². The van der Waals surface area contributed by atoms with E-state index < -0.39 is 81.2 Å². The topological polar surface area (TPSA) is 138 Å². The third-order valence-corrected chi connectivity index (χ3v) is 6.84.